The molecule has 0 saturated carbocycles. The Hall–Kier alpha value is -2.81. The smallest absolute Gasteiger partial charge is 0.171 e. The summed E-state index contributed by atoms with van der Waals surface area (Å²) in [5.41, 5.74) is 1.34. The predicted molar refractivity (Wildman–Crippen MR) is 115 cm³/mol. The minimum absolute atomic E-state index is 0.00631. The Morgan fingerprint density at radius 2 is 1.50 bits per heavy atom. The van der Waals surface area contributed by atoms with Crippen molar-refractivity contribution in [3.63, 3.8) is 0 Å². The number of carbonyl (C=O) groups excluding carboxylic acids is 2. The number of phenolic OH excluding ortho intramolecular Hbond substituents is 2. The molecule has 0 saturated heterocycles. The van der Waals surface area contributed by atoms with E-state index in [1.165, 1.54) is 32.4 Å². The highest BCUT2D eigenvalue weighted by molar-refractivity contribution is 14.1. The number of benzene rings is 2. The maximum Gasteiger partial charge on any atom is 0.171 e. The summed E-state index contributed by atoms with van der Waals surface area (Å²) in [6.45, 7) is 0. The predicted octanol–water partition coefficient (Wildman–Crippen LogP) is 3.97. The number of methoxy groups -OCH3 is 2. The van der Waals surface area contributed by atoms with Crippen molar-refractivity contribution in [3.8, 4) is 23.0 Å². The fraction of sp³-hybridized carbons (Fsp3) is 0.143. The average Bonchev–Trinajstić information content (AvgIpc) is 2.68. The molecule has 0 aliphatic carbocycles. The summed E-state index contributed by atoms with van der Waals surface area (Å²) in [7, 11) is 2.88. The van der Waals surface area contributed by atoms with Gasteiger partial charge in [-0.25, -0.2) is 0 Å². The van der Waals surface area contributed by atoms with Gasteiger partial charge in [0.1, 0.15) is 0 Å². The molecule has 28 heavy (non-hydrogen) atoms. The van der Waals surface area contributed by atoms with Gasteiger partial charge in [0.05, 0.1) is 24.2 Å². The molecule has 2 rings (SSSR count). The van der Waals surface area contributed by atoms with E-state index in [0.29, 0.717) is 26.2 Å². The summed E-state index contributed by atoms with van der Waals surface area (Å²) in [4.78, 5) is 24.0. The first-order valence-corrected chi connectivity index (χ1v) is 9.27. The molecule has 2 aromatic carbocycles. The Morgan fingerprint density at radius 1 is 0.929 bits per heavy atom. The minimum Gasteiger partial charge on any atom is -0.504 e. The molecule has 6 nitrogen and oxygen atoms in total. The zero-order valence-corrected chi connectivity index (χ0v) is 17.5. The Bertz CT molecular complexity index is 946. The van der Waals surface area contributed by atoms with Crippen LogP contribution in [-0.4, -0.2) is 36.0 Å². The molecule has 0 heterocycles. The summed E-state index contributed by atoms with van der Waals surface area (Å²) >= 11 is 1.96. The monoisotopic (exact) mass is 491 g/mol. The van der Waals surface area contributed by atoms with E-state index >= 15 is 0 Å². The Kier molecular flexibility index (Phi) is 7.62. The zero-order chi connectivity index (χ0) is 20.7. The molecule has 2 N–H and O–H groups in total. The van der Waals surface area contributed by atoms with E-state index in [2.05, 4.69) is 0 Å². The Balaban J connectivity index is 2.00. The highest BCUT2D eigenvalue weighted by Crippen LogP contribution is 2.32. The number of ether oxygens (including phenoxy) is 2. The van der Waals surface area contributed by atoms with Gasteiger partial charge < -0.3 is 19.7 Å². The molecule has 2 aromatic rings. The van der Waals surface area contributed by atoms with Crippen molar-refractivity contribution in [3.05, 3.63) is 57.2 Å². The van der Waals surface area contributed by atoms with Crippen molar-refractivity contribution < 1.29 is 29.3 Å². The maximum atomic E-state index is 12.0. The van der Waals surface area contributed by atoms with E-state index < -0.39 is 0 Å². The Labute approximate surface area is 176 Å². The van der Waals surface area contributed by atoms with Crippen LogP contribution in [0.3, 0.4) is 0 Å². The van der Waals surface area contributed by atoms with Crippen molar-refractivity contribution >= 4 is 46.3 Å². The lowest BCUT2D eigenvalue weighted by molar-refractivity contribution is -0.121. The second kappa shape index (κ2) is 9.93. The van der Waals surface area contributed by atoms with Crippen LogP contribution < -0.4 is 9.47 Å². The van der Waals surface area contributed by atoms with Gasteiger partial charge in [0.25, 0.3) is 0 Å². The number of aromatic hydroxyl groups is 2. The van der Waals surface area contributed by atoms with Crippen LogP contribution in [0.1, 0.15) is 17.5 Å². The second-order valence-corrected chi connectivity index (χ2v) is 6.92. The second-order valence-electron chi connectivity index (χ2n) is 5.76. The topological polar surface area (TPSA) is 93.1 Å². The van der Waals surface area contributed by atoms with Crippen molar-refractivity contribution in [2.24, 2.45) is 0 Å². The van der Waals surface area contributed by atoms with E-state index in [1.54, 1.807) is 36.4 Å². The summed E-state index contributed by atoms with van der Waals surface area (Å²) in [6, 6.07) is 7.97. The molecule has 0 atom stereocenters. The molecule has 0 fully saturated rings. The van der Waals surface area contributed by atoms with Gasteiger partial charge in [0.15, 0.2) is 34.6 Å². The highest BCUT2D eigenvalue weighted by Gasteiger charge is 2.08. The first kappa shape index (κ1) is 21.5. The van der Waals surface area contributed by atoms with Crippen molar-refractivity contribution in [1.29, 1.82) is 0 Å². The average molecular weight is 491 g/mol. The fourth-order valence-corrected chi connectivity index (χ4v) is 2.94. The van der Waals surface area contributed by atoms with E-state index in [1.807, 2.05) is 22.6 Å². The van der Waals surface area contributed by atoms with E-state index in [4.69, 9.17) is 9.47 Å². The van der Waals surface area contributed by atoms with Crippen molar-refractivity contribution in [2.45, 2.75) is 6.42 Å². The Morgan fingerprint density at radius 3 is 2.11 bits per heavy atom. The first-order chi connectivity index (χ1) is 13.3. The number of hydrogen-bond donors (Lipinski definition) is 2. The molecule has 0 unspecified atom stereocenters. The standard InChI is InChI=1S/C21H19IO6/c1-27-19-10-13(5-8-18(19)25)3-6-15(23)12-16(24)7-4-14-9-17(22)21(26)20(11-14)28-2/h3-11,25-26H,12H2,1-2H3/b6-3+,7-4+/i22-3. The quantitative estimate of drug-likeness (QED) is 0.330. The number of allylic oxidation sites excluding steroid dienone is 2. The number of ketones is 2. The summed E-state index contributed by atoms with van der Waals surface area (Å²) in [5, 5.41) is 19.4. The van der Waals surface area contributed by atoms with Gasteiger partial charge in [-0.1, -0.05) is 18.2 Å². The molecule has 0 aromatic heterocycles. The van der Waals surface area contributed by atoms with Gasteiger partial charge in [-0.2, -0.15) is 0 Å². The third-order valence-corrected chi connectivity index (χ3v) is 4.57. The number of halogens is 1. The van der Waals surface area contributed by atoms with Gasteiger partial charge in [-0.3, -0.25) is 9.59 Å². The summed E-state index contributed by atoms with van der Waals surface area (Å²) < 4.78 is 10.7. The van der Waals surface area contributed by atoms with E-state index in [0.717, 1.165) is 0 Å². The lowest BCUT2D eigenvalue weighted by atomic mass is 10.1. The molecule has 0 radical (unpaired) electrons. The molecule has 146 valence electrons. The third-order valence-electron chi connectivity index (χ3n) is 3.75. The van der Waals surface area contributed by atoms with Crippen LogP contribution in [0, 0.1) is 3.57 Å². The molecule has 7 heteroatoms. The fourth-order valence-electron chi connectivity index (χ4n) is 2.31. The largest absolute Gasteiger partial charge is 0.504 e. The molecule has 0 amide bonds. The molecule has 0 spiro atoms. The lowest BCUT2D eigenvalue weighted by Gasteiger charge is -2.06. The number of carbonyl (C=O) groups is 2. The van der Waals surface area contributed by atoms with Crippen LogP contribution in [0.5, 0.6) is 23.0 Å². The summed E-state index contributed by atoms with van der Waals surface area (Å²) in [6.07, 6.45) is 5.47. The number of phenols is 2. The zero-order valence-electron chi connectivity index (χ0n) is 15.3. The molecule has 0 aliphatic heterocycles. The molecule has 0 aliphatic rings. The van der Waals surface area contributed by atoms with Crippen molar-refractivity contribution in [2.75, 3.05) is 14.2 Å². The van der Waals surface area contributed by atoms with Crippen LogP contribution in [0.2, 0.25) is 0 Å². The van der Waals surface area contributed by atoms with Gasteiger partial charge in [0, 0.05) is 0 Å². The van der Waals surface area contributed by atoms with Crippen LogP contribution in [0.15, 0.2) is 42.5 Å². The first-order valence-electron chi connectivity index (χ1n) is 8.19. The van der Waals surface area contributed by atoms with Gasteiger partial charge >= 0.3 is 0 Å². The van der Waals surface area contributed by atoms with Crippen molar-refractivity contribution in [1.82, 2.24) is 0 Å². The minimum atomic E-state index is -0.348. The van der Waals surface area contributed by atoms with E-state index in [9.17, 15) is 19.8 Å². The van der Waals surface area contributed by atoms with Crippen LogP contribution >= 0.6 is 22.6 Å². The SMILES string of the molecule is COc1cc(/C=C/C(=O)CC(=O)/C=C/c2cc([124I])c(O)c(OC)c2)ccc1O. The number of hydrogen-bond acceptors (Lipinski definition) is 6. The van der Waals surface area contributed by atoms with Gasteiger partial charge in [-0.05, 0) is 70.1 Å². The maximum absolute atomic E-state index is 12.0. The van der Waals surface area contributed by atoms with E-state index in [-0.39, 0.29) is 29.5 Å². The number of rotatable bonds is 8. The van der Waals surface area contributed by atoms with Crippen LogP contribution in [-0.2, 0) is 9.59 Å². The highest BCUT2D eigenvalue weighted by atomic mass is 124. The molecule has 0 bridgehead atoms. The molecular weight excluding hydrogens is 472 g/mol. The normalized spacial score (nSPS) is 11.1. The van der Waals surface area contributed by atoms with Crippen LogP contribution in [0.25, 0.3) is 12.2 Å². The van der Waals surface area contributed by atoms with Crippen LogP contribution in [0.4, 0.5) is 0 Å². The summed E-state index contributed by atoms with van der Waals surface area (Å²) in [5.74, 6) is -0.0426. The molecular formula is C21H19IO6. The van der Waals surface area contributed by atoms with Gasteiger partial charge in [-0.15, -0.1) is 0 Å². The van der Waals surface area contributed by atoms with Gasteiger partial charge in [0.2, 0.25) is 0 Å². The lowest BCUT2D eigenvalue weighted by Crippen LogP contribution is -2.02. The third kappa shape index (κ3) is 5.85.